The maximum Gasteiger partial charge on any atom is 0.433 e. The molecule has 1 amide bonds. The number of halogens is 3. The topological polar surface area (TPSA) is 76.8 Å². The van der Waals surface area contributed by atoms with E-state index in [9.17, 15) is 18.0 Å². The second kappa shape index (κ2) is 7.70. The Bertz CT molecular complexity index is 1350. The molecule has 0 saturated carbocycles. The van der Waals surface area contributed by atoms with E-state index in [1.165, 1.54) is 16.9 Å². The Labute approximate surface area is 181 Å². The summed E-state index contributed by atoms with van der Waals surface area (Å²) in [5, 5.41) is 4.04. The van der Waals surface area contributed by atoms with Crippen LogP contribution >= 0.6 is 0 Å². The van der Waals surface area contributed by atoms with E-state index in [-0.39, 0.29) is 11.4 Å². The van der Waals surface area contributed by atoms with Crippen LogP contribution in [0.1, 0.15) is 27.3 Å². The molecule has 0 atom stereocenters. The van der Waals surface area contributed by atoms with Crippen molar-refractivity contribution in [1.82, 2.24) is 24.7 Å². The van der Waals surface area contributed by atoms with Gasteiger partial charge in [-0.05, 0) is 55.3 Å². The predicted octanol–water partition coefficient (Wildman–Crippen LogP) is 4.34. The Morgan fingerprint density at radius 1 is 1.00 bits per heavy atom. The number of nitrogens with zero attached hydrogens (tertiary/aromatic N) is 6. The first-order chi connectivity index (χ1) is 15.1. The normalized spacial score (nSPS) is 11.7. The fourth-order valence-corrected chi connectivity index (χ4v) is 3.49. The molecule has 0 saturated heterocycles. The SMILES string of the molecule is Cc1c(-c2ncc3nc(C(F)(F)F)ccc3n2)ccc(N(C)C(=O)c2ccnn2C)c1C. The fourth-order valence-electron chi connectivity index (χ4n) is 3.49. The van der Waals surface area contributed by atoms with E-state index in [0.29, 0.717) is 17.0 Å². The van der Waals surface area contributed by atoms with E-state index in [1.807, 2.05) is 13.8 Å². The lowest BCUT2D eigenvalue weighted by Gasteiger charge is -2.22. The Morgan fingerprint density at radius 3 is 2.41 bits per heavy atom. The molecule has 0 spiro atoms. The van der Waals surface area contributed by atoms with Crippen molar-refractivity contribution < 1.29 is 18.0 Å². The maximum atomic E-state index is 12.9. The number of aromatic nitrogens is 5. The second-order valence-electron chi connectivity index (χ2n) is 7.38. The van der Waals surface area contributed by atoms with Gasteiger partial charge in [0.05, 0.1) is 11.7 Å². The molecule has 0 unspecified atom stereocenters. The van der Waals surface area contributed by atoms with Crippen molar-refractivity contribution >= 4 is 22.6 Å². The molecule has 3 aromatic heterocycles. The standard InChI is InChI=1S/C22H19F3N6O/c1-12-13(2)17(30(3)21(32)18-9-10-27-31(18)4)7-5-14(12)20-26-11-16-15(29-20)6-8-19(28-16)22(23,24)25/h5-11H,1-4H3. The number of pyridine rings is 1. The molecule has 10 heteroatoms. The first-order valence-corrected chi connectivity index (χ1v) is 9.65. The lowest BCUT2D eigenvalue weighted by Crippen LogP contribution is -2.29. The van der Waals surface area contributed by atoms with Gasteiger partial charge in [-0.3, -0.25) is 9.48 Å². The molecule has 0 fully saturated rings. The van der Waals surface area contributed by atoms with Crippen LogP contribution in [0, 0.1) is 13.8 Å². The molecule has 7 nitrogen and oxygen atoms in total. The Morgan fingerprint density at radius 2 is 1.75 bits per heavy atom. The summed E-state index contributed by atoms with van der Waals surface area (Å²) in [4.78, 5) is 26.6. The van der Waals surface area contributed by atoms with Crippen LogP contribution in [-0.2, 0) is 13.2 Å². The molecule has 0 aliphatic heterocycles. The number of hydrogen-bond donors (Lipinski definition) is 0. The van der Waals surface area contributed by atoms with Crippen LogP contribution < -0.4 is 4.90 Å². The van der Waals surface area contributed by atoms with Gasteiger partial charge in [0, 0.05) is 31.5 Å². The van der Waals surface area contributed by atoms with Gasteiger partial charge >= 0.3 is 6.18 Å². The van der Waals surface area contributed by atoms with Gasteiger partial charge in [0.2, 0.25) is 0 Å². The summed E-state index contributed by atoms with van der Waals surface area (Å²) in [5.74, 6) is 0.167. The van der Waals surface area contributed by atoms with Crippen LogP contribution in [0.4, 0.5) is 18.9 Å². The van der Waals surface area contributed by atoms with Crippen LogP contribution in [-0.4, -0.2) is 37.7 Å². The van der Waals surface area contributed by atoms with Crippen LogP contribution in [0.15, 0.2) is 42.7 Å². The van der Waals surface area contributed by atoms with Gasteiger partial charge in [0.25, 0.3) is 5.91 Å². The zero-order valence-electron chi connectivity index (χ0n) is 17.8. The second-order valence-corrected chi connectivity index (χ2v) is 7.38. The smallest absolute Gasteiger partial charge is 0.310 e. The number of carbonyl (C=O) groups excluding carboxylic acids is 1. The molecule has 0 aliphatic rings. The summed E-state index contributed by atoms with van der Waals surface area (Å²) < 4.78 is 40.2. The lowest BCUT2D eigenvalue weighted by atomic mass is 10.00. The van der Waals surface area contributed by atoms with Crippen LogP contribution in [0.2, 0.25) is 0 Å². The first-order valence-electron chi connectivity index (χ1n) is 9.65. The predicted molar refractivity (Wildman–Crippen MR) is 113 cm³/mol. The van der Waals surface area contributed by atoms with Crippen molar-refractivity contribution in [2.75, 3.05) is 11.9 Å². The van der Waals surface area contributed by atoms with Crippen molar-refractivity contribution in [1.29, 1.82) is 0 Å². The average molecular weight is 440 g/mol. The van der Waals surface area contributed by atoms with Gasteiger partial charge < -0.3 is 4.90 Å². The van der Waals surface area contributed by atoms with Gasteiger partial charge in [-0.1, -0.05) is 0 Å². The summed E-state index contributed by atoms with van der Waals surface area (Å²) in [6.45, 7) is 3.77. The lowest BCUT2D eigenvalue weighted by molar-refractivity contribution is -0.140. The van der Waals surface area contributed by atoms with Crippen molar-refractivity contribution in [3.63, 3.8) is 0 Å². The highest BCUT2D eigenvalue weighted by Gasteiger charge is 2.32. The van der Waals surface area contributed by atoms with E-state index in [1.54, 1.807) is 43.4 Å². The summed E-state index contributed by atoms with van der Waals surface area (Å²) in [7, 11) is 3.39. The van der Waals surface area contributed by atoms with Gasteiger partial charge in [0.15, 0.2) is 5.82 Å². The third kappa shape index (κ3) is 3.68. The Balaban J connectivity index is 1.71. The molecular formula is C22H19F3N6O. The minimum Gasteiger partial charge on any atom is -0.310 e. The molecule has 0 radical (unpaired) electrons. The van der Waals surface area contributed by atoms with Crippen LogP contribution in [0.3, 0.4) is 0 Å². The minimum atomic E-state index is -4.53. The van der Waals surface area contributed by atoms with Crippen molar-refractivity contribution in [2.45, 2.75) is 20.0 Å². The molecular weight excluding hydrogens is 421 g/mol. The minimum absolute atomic E-state index is 0.0658. The van der Waals surface area contributed by atoms with E-state index in [4.69, 9.17) is 0 Å². The van der Waals surface area contributed by atoms with Crippen LogP contribution in [0.5, 0.6) is 0 Å². The van der Waals surface area contributed by atoms with Gasteiger partial charge in [0.1, 0.15) is 16.9 Å². The molecule has 1 aromatic carbocycles. The number of amides is 1. The highest BCUT2D eigenvalue weighted by Crippen LogP contribution is 2.32. The quantitative estimate of drug-likeness (QED) is 0.474. The van der Waals surface area contributed by atoms with Gasteiger partial charge in [-0.2, -0.15) is 18.3 Å². The molecule has 0 bridgehead atoms. The number of alkyl halides is 3. The van der Waals surface area contributed by atoms with Crippen molar-refractivity contribution in [3.05, 3.63) is 65.2 Å². The highest BCUT2D eigenvalue weighted by atomic mass is 19.4. The fraction of sp³-hybridized carbons (Fsp3) is 0.227. The van der Waals surface area contributed by atoms with Gasteiger partial charge in [-0.25, -0.2) is 15.0 Å². The van der Waals surface area contributed by atoms with E-state index >= 15 is 0 Å². The summed E-state index contributed by atoms with van der Waals surface area (Å²) in [6, 6.07) is 7.43. The molecule has 0 aliphatic carbocycles. The molecule has 32 heavy (non-hydrogen) atoms. The number of fused-ring (bicyclic) bond motifs is 1. The summed E-state index contributed by atoms with van der Waals surface area (Å²) in [6.07, 6.45) is -1.69. The zero-order chi connectivity index (χ0) is 23.2. The number of aryl methyl sites for hydroxylation is 1. The number of carbonyl (C=O) groups is 1. The average Bonchev–Trinajstić information content (AvgIpc) is 3.19. The number of rotatable bonds is 3. The number of hydrogen-bond acceptors (Lipinski definition) is 5. The maximum absolute atomic E-state index is 12.9. The Kier molecular flexibility index (Phi) is 5.15. The number of anilines is 1. The van der Waals surface area contributed by atoms with Crippen LogP contribution in [0.25, 0.3) is 22.4 Å². The Hall–Kier alpha value is -3.82. The van der Waals surface area contributed by atoms with E-state index in [2.05, 4.69) is 20.1 Å². The summed E-state index contributed by atoms with van der Waals surface area (Å²) in [5.41, 5.74) is 2.99. The van der Waals surface area contributed by atoms with Crippen molar-refractivity contribution in [2.24, 2.45) is 7.05 Å². The van der Waals surface area contributed by atoms with E-state index < -0.39 is 11.9 Å². The molecule has 3 heterocycles. The van der Waals surface area contributed by atoms with Crippen molar-refractivity contribution in [3.8, 4) is 11.4 Å². The molecule has 0 N–H and O–H groups in total. The zero-order valence-corrected chi connectivity index (χ0v) is 17.8. The summed E-state index contributed by atoms with van der Waals surface area (Å²) >= 11 is 0. The largest absolute Gasteiger partial charge is 0.433 e. The van der Waals surface area contributed by atoms with E-state index in [0.717, 1.165) is 28.4 Å². The molecule has 4 aromatic rings. The molecule has 4 rings (SSSR count). The number of benzene rings is 1. The third-order valence-electron chi connectivity index (χ3n) is 5.43. The third-order valence-corrected chi connectivity index (χ3v) is 5.43. The monoisotopic (exact) mass is 440 g/mol. The van der Waals surface area contributed by atoms with Gasteiger partial charge in [-0.15, -0.1) is 0 Å². The first kappa shape index (κ1) is 21.4. The highest BCUT2D eigenvalue weighted by molar-refractivity contribution is 6.05. The molecule has 164 valence electrons.